The maximum Gasteiger partial charge on any atom is 0.253 e. The fourth-order valence-electron chi connectivity index (χ4n) is 2.17. The van der Waals surface area contributed by atoms with E-state index in [1.807, 2.05) is 6.92 Å². The second-order valence-electron chi connectivity index (χ2n) is 4.62. The first-order valence-electron chi connectivity index (χ1n) is 5.98. The Morgan fingerprint density at radius 2 is 2.32 bits per heavy atom. The highest BCUT2D eigenvalue weighted by Crippen LogP contribution is 2.24. The number of rotatable bonds is 1. The van der Waals surface area contributed by atoms with Crippen LogP contribution >= 0.6 is 27.5 Å². The summed E-state index contributed by atoms with van der Waals surface area (Å²) >= 11 is 9.30. The molecule has 1 aromatic rings. The van der Waals surface area contributed by atoms with Gasteiger partial charge in [-0.3, -0.25) is 4.79 Å². The molecule has 0 aliphatic carbocycles. The summed E-state index contributed by atoms with van der Waals surface area (Å²) in [6, 6.07) is 5.18. The summed E-state index contributed by atoms with van der Waals surface area (Å²) in [5.74, 6) is 0.0341. The molecule has 2 rings (SSSR count). The lowest BCUT2D eigenvalue weighted by Crippen LogP contribution is -2.43. The summed E-state index contributed by atoms with van der Waals surface area (Å²) in [6.45, 7) is 3.07. The second-order valence-corrected chi connectivity index (χ2v) is 5.88. The molecule has 1 amide bonds. The predicted molar refractivity (Wildman–Crippen MR) is 78.1 cm³/mol. The molecule has 1 heterocycles. The highest BCUT2D eigenvalue weighted by Gasteiger charge is 2.26. The van der Waals surface area contributed by atoms with Gasteiger partial charge in [-0.05, 0) is 34.1 Å². The van der Waals surface area contributed by atoms with Gasteiger partial charge in [-0.2, -0.15) is 0 Å². The van der Waals surface area contributed by atoms with Crippen molar-refractivity contribution in [3.05, 3.63) is 33.3 Å². The number of hydrogen-bond donors (Lipinski definition) is 1. The van der Waals surface area contributed by atoms with Gasteiger partial charge in [0.15, 0.2) is 0 Å². The van der Waals surface area contributed by atoms with Crippen LogP contribution in [0, 0.1) is 5.92 Å². The molecular formula is C13H14BrClN2O2. The van der Waals surface area contributed by atoms with Crippen LogP contribution in [0.1, 0.15) is 23.7 Å². The third kappa shape index (κ3) is 3.09. The summed E-state index contributed by atoms with van der Waals surface area (Å²) in [5, 5.41) is 12.6. The lowest BCUT2D eigenvalue weighted by atomic mass is 9.97. The van der Waals surface area contributed by atoms with E-state index in [-0.39, 0.29) is 11.8 Å². The third-order valence-electron chi connectivity index (χ3n) is 3.28. The second kappa shape index (κ2) is 5.92. The first-order valence-corrected chi connectivity index (χ1v) is 7.15. The Morgan fingerprint density at radius 3 is 2.89 bits per heavy atom. The Balaban J connectivity index is 2.14. The Bertz CT molecular complexity index is 533. The number of nitrogens with zero attached hydrogens (tertiary/aromatic N) is 2. The molecule has 1 aliphatic heterocycles. The normalized spacial score (nSPS) is 21.7. The molecule has 102 valence electrons. The zero-order valence-corrected chi connectivity index (χ0v) is 12.8. The zero-order chi connectivity index (χ0) is 14.0. The van der Waals surface area contributed by atoms with Gasteiger partial charge in [0.2, 0.25) is 0 Å². The van der Waals surface area contributed by atoms with Crippen LogP contribution in [0.5, 0.6) is 0 Å². The Kier molecular flexibility index (Phi) is 4.47. The Labute approximate surface area is 125 Å². The number of benzene rings is 1. The van der Waals surface area contributed by atoms with E-state index in [0.717, 1.165) is 10.2 Å². The lowest BCUT2D eigenvalue weighted by Gasteiger charge is -2.31. The van der Waals surface area contributed by atoms with Gasteiger partial charge in [-0.15, -0.1) is 0 Å². The van der Waals surface area contributed by atoms with Crippen LogP contribution in [0.3, 0.4) is 0 Å². The molecule has 4 nitrogen and oxygen atoms in total. The van der Waals surface area contributed by atoms with Gasteiger partial charge in [-0.1, -0.05) is 23.7 Å². The smallest absolute Gasteiger partial charge is 0.253 e. The van der Waals surface area contributed by atoms with Gasteiger partial charge in [0.1, 0.15) is 0 Å². The minimum Gasteiger partial charge on any atom is -0.411 e. The molecule has 0 radical (unpaired) electrons. The van der Waals surface area contributed by atoms with Crippen molar-refractivity contribution in [1.82, 2.24) is 4.90 Å². The molecule has 19 heavy (non-hydrogen) atoms. The van der Waals surface area contributed by atoms with E-state index >= 15 is 0 Å². The van der Waals surface area contributed by atoms with Gasteiger partial charge < -0.3 is 10.1 Å². The van der Waals surface area contributed by atoms with Crippen molar-refractivity contribution in [3.63, 3.8) is 0 Å². The van der Waals surface area contributed by atoms with Crippen LogP contribution in [-0.2, 0) is 0 Å². The number of carbonyl (C=O) groups is 1. The van der Waals surface area contributed by atoms with E-state index in [9.17, 15) is 4.79 Å². The average molecular weight is 346 g/mol. The van der Waals surface area contributed by atoms with E-state index < -0.39 is 0 Å². The van der Waals surface area contributed by atoms with Crippen LogP contribution < -0.4 is 0 Å². The van der Waals surface area contributed by atoms with E-state index in [2.05, 4.69) is 21.1 Å². The van der Waals surface area contributed by atoms with Crippen LogP contribution in [-0.4, -0.2) is 34.8 Å². The van der Waals surface area contributed by atoms with E-state index in [1.165, 1.54) is 0 Å². The fourth-order valence-corrected chi connectivity index (χ4v) is 2.60. The first kappa shape index (κ1) is 14.3. The molecule has 0 spiro atoms. The summed E-state index contributed by atoms with van der Waals surface area (Å²) in [5.41, 5.74) is 1.32. The molecule has 0 aromatic heterocycles. The molecule has 1 atom stereocenters. The zero-order valence-electron chi connectivity index (χ0n) is 10.4. The van der Waals surface area contributed by atoms with E-state index in [0.29, 0.717) is 30.1 Å². The Morgan fingerprint density at radius 1 is 1.58 bits per heavy atom. The monoisotopic (exact) mass is 344 g/mol. The first-order chi connectivity index (χ1) is 9.02. The molecule has 1 unspecified atom stereocenters. The van der Waals surface area contributed by atoms with Crippen LogP contribution in [0.25, 0.3) is 0 Å². The minimum atomic E-state index is -0.0433. The summed E-state index contributed by atoms with van der Waals surface area (Å²) in [4.78, 5) is 14.1. The maximum atomic E-state index is 12.4. The summed E-state index contributed by atoms with van der Waals surface area (Å²) in [7, 11) is 0. The standard InChI is InChI=1S/C13H14BrClN2O2/c1-8-7-17(5-4-12(8)16-19)13(18)9-2-3-10(14)11(15)6-9/h2-3,6,8,19H,4-5,7H2,1H3/b16-12+. The van der Waals surface area contributed by atoms with Gasteiger partial charge in [0.05, 0.1) is 10.7 Å². The Hall–Kier alpha value is -1.07. The van der Waals surface area contributed by atoms with E-state index in [4.69, 9.17) is 16.8 Å². The van der Waals surface area contributed by atoms with Gasteiger partial charge >= 0.3 is 0 Å². The summed E-state index contributed by atoms with van der Waals surface area (Å²) < 4.78 is 0.771. The number of oxime groups is 1. The maximum absolute atomic E-state index is 12.4. The fraction of sp³-hybridized carbons (Fsp3) is 0.385. The van der Waals surface area contributed by atoms with E-state index in [1.54, 1.807) is 23.1 Å². The number of amides is 1. The molecule has 0 bridgehead atoms. The lowest BCUT2D eigenvalue weighted by molar-refractivity contribution is 0.0734. The number of halogens is 2. The molecule has 1 aliphatic rings. The molecule has 1 N–H and O–H groups in total. The molecule has 1 aromatic carbocycles. The van der Waals surface area contributed by atoms with Crippen molar-refractivity contribution in [2.45, 2.75) is 13.3 Å². The van der Waals surface area contributed by atoms with Crippen molar-refractivity contribution in [3.8, 4) is 0 Å². The molecule has 1 saturated heterocycles. The van der Waals surface area contributed by atoms with Crippen LogP contribution in [0.4, 0.5) is 0 Å². The molecular weight excluding hydrogens is 332 g/mol. The van der Waals surface area contributed by atoms with Gasteiger partial charge in [-0.25, -0.2) is 0 Å². The van der Waals surface area contributed by atoms with Crippen molar-refractivity contribution < 1.29 is 10.0 Å². The quantitative estimate of drug-likeness (QED) is 0.626. The third-order valence-corrected chi connectivity index (χ3v) is 4.52. The highest BCUT2D eigenvalue weighted by atomic mass is 79.9. The van der Waals surface area contributed by atoms with Gasteiger partial charge in [0.25, 0.3) is 5.91 Å². The van der Waals surface area contributed by atoms with Crippen molar-refractivity contribution in [1.29, 1.82) is 0 Å². The SMILES string of the molecule is CC1CN(C(=O)c2ccc(Br)c(Cl)c2)CC/C1=N\O. The number of hydrogen-bond acceptors (Lipinski definition) is 3. The predicted octanol–water partition coefficient (Wildman–Crippen LogP) is 3.41. The average Bonchev–Trinajstić information content (AvgIpc) is 2.41. The molecule has 1 fully saturated rings. The largest absolute Gasteiger partial charge is 0.411 e. The van der Waals surface area contributed by atoms with Crippen molar-refractivity contribution in [2.24, 2.45) is 11.1 Å². The van der Waals surface area contributed by atoms with Crippen LogP contribution in [0.15, 0.2) is 27.8 Å². The molecule has 0 saturated carbocycles. The summed E-state index contributed by atoms with van der Waals surface area (Å²) in [6.07, 6.45) is 0.605. The van der Waals surface area contributed by atoms with Crippen molar-refractivity contribution >= 4 is 39.1 Å². The minimum absolute atomic E-state index is 0.0433. The number of likely N-dealkylation sites (tertiary alicyclic amines) is 1. The van der Waals surface area contributed by atoms with Crippen molar-refractivity contribution in [2.75, 3.05) is 13.1 Å². The topological polar surface area (TPSA) is 52.9 Å². The van der Waals surface area contributed by atoms with Gasteiger partial charge in [0, 0.05) is 35.5 Å². The molecule has 6 heteroatoms. The highest BCUT2D eigenvalue weighted by molar-refractivity contribution is 9.10. The van der Waals surface area contributed by atoms with Crippen LogP contribution in [0.2, 0.25) is 5.02 Å². The number of piperidine rings is 1. The number of carbonyl (C=O) groups excluding carboxylic acids is 1.